The van der Waals surface area contributed by atoms with Crippen LogP contribution in [0.5, 0.6) is 5.75 Å². The van der Waals surface area contributed by atoms with Crippen LogP contribution in [-0.4, -0.2) is 62.0 Å². The van der Waals surface area contributed by atoms with Crippen LogP contribution in [-0.2, 0) is 14.4 Å². The van der Waals surface area contributed by atoms with Crippen LogP contribution in [0.25, 0.3) is 0 Å². The third-order valence-electron chi connectivity index (χ3n) is 4.91. The number of likely N-dealkylation sites (N-methyl/N-ethyl adjacent to an activating group) is 2. The Morgan fingerprint density at radius 3 is 2.88 bits per heavy atom. The molecule has 26 heavy (non-hydrogen) atoms. The fourth-order valence-corrected chi connectivity index (χ4v) is 3.37. The Morgan fingerprint density at radius 2 is 2.12 bits per heavy atom. The average Bonchev–Trinajstić information content (AvgIpc) is 3.10. The number of hydrogen-bond donors (Lipinski definition) is 2. The summed E-state index contributed by atoms with van der Waals surface area (Å²) in [6.45, 7) is 4.53. The molecular formula is C18H24N4O4. The number of anilines is 2. The van der Waals surface area contributed by atoms with E-state index in [0.717, 1.165) is 25.9 Å². The molecule has 0 unspecified atom stereocenters. The van der Waals surface area contributed by atoms with Gasteiger partial charge in [-0.3, -0.25) is 19.3 Å². The summed E-state index contributed by atoms with van der Waals surface area (Å²) in [6, 6.07) is 5.22. The van der Waals surface area contributed by atoms with Crippen molar-refractivity contribution in [3.63, 3.8) is 0 Å². The zero-order valence-electron chi connectivity index (χ0n) is 15.1. The number of nitrogens with one attached hydrogen (secondary N) is 2. The highest BCUT2D eigenvalue weighted by atomic mass is 16.5. The molecule has 1 aromatic rings. The van der Waals surface area contributed by atoms with Crippen molar-refractivity contribution < 1.29 is 19.1 Å². The largest absolute Gasteiger partial charge is 0.482 e. The van der Waals surface area contributed by atoms with Gasteiger partial charge in [-0.15, -0.1) is 0 Å². The van der Waals surface area contributed by atoms with E-state index in [2.05, 4.69) is 22.5 Å². The summed E-state index contributed by atoms with van der Waals surface area (Å²) >= 11 is 0. The summed E-state index contributed by atoms with van der Waals surface area (Å²) in [5, 5.41) is 5.27. The van der Waals surface area contributed by atoms with Gasteiger partial charge in [0.05, 0.1) is 5.69 Å². The first-order valence-electron chi connectivity index (χ1n) is 8.86. The molecule has 0 spiro atoms. The molecule has 2 N–H and O–H groups in total. The van der Waals surface area contributed by atoms with Crippen LogP contribution in [0, 0.1) is 0 Å². The van der Waals surface area contributed by atoms with E-state index in [-0.39, 0.29) is 18.6 Å². The van der Waals surface area contributed by atoms with Gasteiger partial charge in [0.1, 0.15) is 5.75 Å². The smallest absolute Gasteiger partial charge is 0.313 e. The molecule has 1 aromatic carbocycles. The predicted octanol–water partition coefficient (Wildman–Crippen LogP) is 0.581. The molecule has 8 nitrogen and oxygen atoms in total. The molecule has 0 aliphatic carbocycles. The number of likely N-dealkylation sites (tertiary alicyclic amines) is 1. The number of carbonyl (C=O) groups excluding carboxylic acids is 3. The Morgan fingerprint density at radius 1 is 1.31 bits per heavy atom. The SMILES string of the molecule is CCN1CCC[C@H]1CNC(=O)C(=O)Nc1ccc2c(c1)N(C)C(=O)CO2. The van der Waals surface area contributed by atoms with E-state index in [1.54, 1.807) is 25.2 Å². The Labute approximate surface area is 152 Å². The maximum atomic E-state index is 12.1. The standard InChI is InChI=1S/C18H24N4O4/c1-3-22-8-4-5-13(22)10-19-17(24)18(25)20-12-6-7-15-14(9-12)21(2)16(23)11-26-15/h6-7,9,13H,3-5,8,10-11H2,1-2H3,(H,19,24)(H,20,25)/t13-/m0/s1. The third kappa shape index (κ3) is 3.80. The number of rotatable bonds is 4. The molecular weight excluding hydrogens is 336 g/mol. The molecule has 140 valence electrons. The lowest BCUT2D eigenvalue weighted by Crippen LogP contribution is -2.43. The van der Waals surface area contributed by atoms with E-state index in [4.69, 9.17) is 4.74 Å². The molecule has 3 rings (SSSR count). The van der Waals surface area contributed by atoms with Gasteiger partial charge in [0, 0.05) is 25.3 Å². The van der Waals surface area contributed by atoms with Gasteiger partial charge in [-0.05, 0) is 44.1 Å². The van der Waals surface area contributed by atoms with Crippen LogP contribution in [0.15, 0.2) is 18.2 Å². The average molecular weight is 360 g/mol. The van der Waals surface area contributed by atoms with Gasteiger partial charge in [0.25, 0.3) is 5.91 Å². The van der Waals surface area contributed by atoms with Crippen molar-refractivity contribution >= 4 is 29.1 Å². The quantitative estimate of drug-likeness (QED) is 0.767. The Hall–Kier alpha value is -2.61. The highest BCUT2D eigenvalue weighted by Crippen LogP contribution is 2.33. The Bertz CT molecular complexity index is 721. The minimum absolute atomic E-state index is 0.00639. The van der Waals surface area contributed by atoms with Crippen LogP contribution >= 0.6 is 0 Å². The van der Waals surface area contributed by atoms with Crippen LogP contribution in [0.3, 0.4) is 0 Å². The van der Waals surface area contributed by atoms with Crippen molar-refractivity contribution in [3.8, 4) is 5.75 Å². The van der Waals surface area contributed by atoms with Crippen molar-refractivity contribution in [2.24, 2.45) is 0 Å². The zero-order chi connectivity index (χ0) is 18.7. The van der Waals surface area contributed by atoms with Gasteiger partial charge < -0.3 is 20.3 Å². The molecule has 8 heteroatoms. The summed E-state index contributed by atoms with van der Waals surface area (Å²) in [6.07, 6.45) is 2.14. The Balaban J connectivity index is 1.57. The molecule has 2 heterocycles. The summed E-state index contributed by atoms with van der Waals surface area (Å²) in [5.74, 6) is -0.991. The van der Waals surface area contributed by atoms with E-state index in [9.17, 15) is 14.4 Å². The lowest BCUT2D eigenvalue weighted by Gasteiger charge is -2.26. The van der Waals surface area contributed by atoms with Crippen LogP contribution in [0.2, 0.25) is 0 Å². The molecule has 0 bridgehead atoms. The minimum atomic E-state index is -0.725. The number of hydrogen-bond acceptors (Lipinski definition) is 5. The fourth-order valence-electron chi connectivity index (χ4n) is 3.37. The van der Waals surface area contributed by atoms with Crippen LogP contribution in [0.4, 0.5) is 11.4 Å². The van der Waals surface area contributed by atoms with Crippen LogP contribution < -0.4 is 20.3 Å². The highest BCUT2D eigenvalue weighted by Gasteiger charge is 2.25. The zero-order valence-corrected chi connectivity index (χ0v) is 15.1. The normalized spacial score (nSPS) is 19.7. The molecule has 0 saturated carbocycles. The molecule has 1 atom stereocenters. The van der Waals surface area contributed by atoms with E-state index >= 15 is 0 Å². The maximum Gasteiger partial charge on any atom is 0.313 e. The second-order valence-corrected chi connectivity index (χ2v) is 6.51. The monoisotopic (exact) mass is 360 g/mol. The molecule has 1 saturated heterocycles. The first kappa shape index (κ1) is 18.2. The lowest BCUT2D eigenvalue weighted by atomic mass is 10.2. The molecule has 0 aromatic heterocycles. The number of fused-ring (bicyclic) bond motifs is 1. The topological polar surface area (TPSA) is 91.0 Å². The predicted molar refractivity (Wildman–Crippen MR) is 97.3 cm³/mol. The lowest BCUT2D eigenvalue weighted by molar-refractivity contribution is -0.136. The van der Waals surface area contributed by atoms with Gasteiger partial charge in [0.15, 0.2) is 6.61 Å². The van der Waals surface area contributed by atoms with Gasteiger partial charge in [-0.1, -0.05) is 6.92 Å². The summed E-state index contributed by atoms with van der Waals surface area (Å²) in [5.41, 5.74) is 0.995. The van der Waals surface area contributed by atoms with Gasteiger partial charge in [0.2, 0.25) is 0 Å². The number of benzene rings is 1. The Kier molecular flexibility index (Phi) is 5.41. The molecule has 3 amide bonds. The van der Waals surface area contributed by atoms with Crippen molar-refractivity contribution in [1.29, 1.82) is 0 Å². The number of ether oxygens (including phenoxy) is 1. The molecule has 0 radical (unpaired) electrons. The first-order chi connectivity index (χ1) is 12.5. The summed E-state index contributed by atoms with van der Waals surface area (Å²) in [7, 11) is 1.64. The second-order valence-electron chi connectivity index (χ2n) is 6.51. The van der Waals surface area contributed by atoms with Crippen LogP contribution in [0.1, 0.15) is 19.8 Å². The van der Waals surface area contributed by atoms with Gasteiger partial charge in [-0.25, -0.2) is 0 Å². The van der Waals surface area contributed by atoms with E-state index in [1.165, 1.54) is 4.90 Å². The van der Waals surface area contributed by atoms with E-state index < -0.39 is 11.8 Å². The fraction of sp³-hybridized carbons (Fsp3) is 0.500. The highest BCUT2D eigenvalue weighted by molar-refractivity contribution is 6.39. The molecule has 2 aliphatic heterocycles. The number of carbonyl (C=O) groups is 3. The molecule has 2 aliphatic rings. The van der Waals surface area contributed by atoms with Crippen molar-refractivity contribution in [1.82, 2.24) is 10.2 Å². The van der Waals surface area contributed by atoms with Gasteiger partial charge in [-0.2, -0.15) is 0 Å². The van der Waals surface area contributed by atoms with E-state index in [1.807, 2.05) is 0 Å². The van der Waals surface area contributed by atoms with Gasteiger partial charge >= 0.3 is 11.8 Å². The minimum Gasteiger partial charge on any atom is -0.482 e. The van der Waals surface area contributed by atoms with Crippen molar-refractivity contribution in [2.45, 2.75) is 25.8 Å². The first-order valence-corrected chi connectivity index (χ1v) is 8.86. The van der Waals surface area contributed by atoms with Crippen molar-refractivity contribution in [2.75, 3.05) is 43.5 Å². The maximum absolute atomic E-state index is 12.1. The molecule has 1 fully saturated rings. The van der Waals surface area contributed by atoms with Crippen molar-refractivity contribution in [3.05, 3.63) is 18.2 Å². The number of nitrogens with zero attached hydrogens (tertiary/aromatic N) is 2. The third-order valence-corrected chi connectivity index (χ3v) is 4.91. The van der Waals surface area contributed by atoms with E-state index in [0.29, 0.717) is 23.7 Å². The summed E-state index contributed by atoms with van der Waals surface area (Å²) < 4.78 is 5.34. The second kappa shape index (κ2) is 7.74. The number of amides is 3. The summed E-state index contributed by atoms with van der Waals surface area (Å²) in [4.78, 5) is 39.7.